The number of nitriles is 1. The molecule has 1 aromatic rings. The van der Waals surface area contributed by atoms with Crippen LogP contribution >= 0.6 is 11.6 Å². The van der Waals surface area contributed by atoms with Crippen molar-refractivity contribution in [1.82, 2.24) is 0 Å². The van der Waals surface area contributed by atoms with Crippen LogP contribution in [0.25, 0.3) is 0 Å². The van der Waals surface area contributed by atoms with Crippen molar-refractivity contribution in [3.8, 4) is 6.07 Å². The van der Waals surface area contributed by atoms with E-state index in [1.165, 1.54) is 0 Å². The Labute approximate surface area is 90.3 Å². The smallest absolute Gasteiger partial charge is 0.0690 e. The van der Waals surface area contributed by atoms with Gasteiger partial charge >= 0.3 is 0 Å². The van der Waals surface area contributed by atoms with Crippen molar-refractivity contribution >= 4 is 11.6 Å². The molecule has 0 saturated heterocycles. The van der Waals surface area contributed by atoms with Crippen LogP contribution in [0.5, 0.6) is 0 Å². The van der Waals surface area contributed by atoms with Crippen LogP contribution in [0.2, 0.25) is 5.02 Å². The van der Waals surface area contributed by atoms with Crippen LogP contribution in [-0.4, -0.2) is 0 Å². The third-order valence-corrected chi connectivity index (χ3v) is 2.77. The third-order valence-electron chi connectivity index (χ3n) is 2.53. The summed E-state index contributed by atoms with van der Waals surface area (Å²) in [6, 6.07) is 10.1. The summed E-state index contributed by atoms with van der Waals surface area (Å²) >= 11 is 5.88. The zero-order chi connectivity index (χ0) is 10.6. The van der Waals surface area contributed by atoms with E-state index in [1.807, 2.05) is 38.1 Å². The number of hydrogen-bond donors (Lipinski definition) is 0. The lowest BCUT2D eigenvalue weighted by Gasteiger charge is -2.19. The molecule has 0 saturated carbocycles. The van der Waals surface area contributed by atoms with Crippen molar-refractivity contribution in [2.75, 3.05) is 0 Å². The standard InChI is InChI=1S/C12H14ClN/c1-3-12(2,9-14)8-10-5-4-6-11(13)7-10/h4-7H,3,8H2,1-2H3. The zero-order valence-electron chi connectivity index (χ0n) is 8.55. The summed E-state index contributed by atoms with van der Waals surface area (Å²) in [5.41, 5.74) is 0.855. The van der Waals surface area contributed by atoms with E-state index in [4.69, 9.17) is 16.9 Å². The van der Waals surface area contributed by atoms with Gasteiger partial charge < -0.3 is 0 Å². The highest BCUT2D eigenvalue weighted by Gasteiger charge is 2.21. The number of hydrogen-bond acceptors (Lipinski definition) is 1. The fourth-order valence-corrected chi connectivity index (χ4v) is 1.55. The second-order valence-electron chi connectivity index (χ2n) is 3.83. The fourth-order valence-electron chi connectivity index (χ4n) is 1.34. The maximum Gasteiger partial charge on any atom is 0.0690 e. The first kappa shape index (κ1) is 11.1. The molecule has 0 aromatic heterocycles. The van der Waals surface area contributed by atoms with Crippen molar-refractivity contribution in [2.45, 2.75) is 26.7 Å². The SMILES string of the molecule is CCC(C)(C#N)Cc1cccc(Cl)c1. The summed E-state index contributed by atoms with van der Waals surface area (Å²) in [4.78, 5) is 0. The molecule has 0 N–H and O–H groups in total. The molecule has 0 aliphatic carbocycles. The van der Waals surface area contributed by atoms with Crippen molar-refractivity contribution in [3.63, 3.8) is 0 Å². The molecule has 0 aliphatic rings. The summed E-state index contributed by atoms with van der Waals surface area (Å²) in [6.07, 6.45) is 1.62. The largest absolute Gasteiger partial charge is 0.198 e. The Morgan fingerprint density at radius 1 is 1.50 bits per heavy atom. The minimum absolute atomic E-state index is 0.273. The van der Waals surface area contributed by atoms with E-state index in [1.54, 1.807) is 0 Å². The van der Waals surface area contributed by atoms with E-state index in [9.17, 15) is 0 Å². The molecule has 0 spiro atoms. The van der Waals surface area contributed by atoms with Crippen LogP contribution in [0, 0.1) is 16.7 Å². The van der Waals surface area contributed by atoms with Crippen LogP contribution in [0.15, 0.2) is 24.3 Å². The maximum absolute atomic E-state index is 9.03. The lowest BCUT2D eigenvalue weighted by atomic mass is 9.83. The first-order valence-corrected chi connectivity index (χ1v) is 5.13. The molecule has 1 aromatic carbocycles. The van der Waals surface area contributed by atoms with Gasteiger partial charge in [-0.15, -0.1) is 0 Å². The number of nitrogens with zero attached hydrogens (tertiary/aromatic N) is 1. The third kappa shape index (κ3) is 2.75. The topological polar surface area (TPSA) is 23.8 Å². The van der Waals surface area contributed by atoms with Gasteiger partial charge in [0.15, 0.2) is 0 Å². The van der Waals surface area contributed by atoms with Crippen molar-refractivity contribution < 1.29 is 0 Å². The number of rotatable bonds is 3. The lowest BCUT2D eigenvalue weighted by Crippen LogP contribution is -2.15. The van der Waals surface area contributed by atoms with E-state index >= 15 is 0 Å². The van der Waals surface area contributed by atoms with E-state index in [2.05, 4.69) is 6.07 Å². The van der Waals surface area contributed by atoms with E-state index in [0.717, 1.165) is 23.4 Å². The molecule has 0 radical (unpaired) electrons. The maximum atomic E-state index is 9.03. The Kier molecular flexibility index (Phi) is 3.55. The summed E-state index contributed by atoms with van der Waals surface area (Å²) < 4.78 is 0. The van der Waals surface area contributed by atoms with E-state index < -0.39 is 0 Å². The van der Waals surface area contributed by atoms with Gasteiger partial charge in [-0.25, -0.2) is 0 Å². The second-order valence-corrected chi connectivity index (χ2v) is 4.27. The molecule has 14 heavy (non-hydrogen) atoms. The van der Waals surface area contributed by atoms with Gasteiger partial charge in [-0.3, -0.25) is 0 Å². The van der Waals surface area contributed by atoms with Gasteiger partial charge in [-0.2, -0.15) is 5.26 Å². The number of halogens is 1. The average Bonchev–Trinajstić information content (AvgIpc) is 2.18. The normalized spacial score (nSPS) is 14.4. The highest BCUT2D eigenvalue weighted by molar-refractivity contribution is 6.30. The summed E-state index contributed by atoms with van der Waals surface area (Å²) in [6.45, 7) is 4.02. The first-order chi connectivity index (χ1) is 6.59. The zero-order valence-corrected chi connectivity index (χ0v) is 9.30. The highest BCUT2D eigenvalue weighted by Crippen LogP contribution is 2.26. The lowest BCUT2D eigenvalue weighted by molar-refractivity contribution is 0.423. The highest BCUT2D eigenvalue weighted by atomic mass is 35.5. The molecular weight excluding hydrogens is 194 g/mol. The van der Waals surface area contributed by atoms with Crippen molar-refractivity contribution in [3.05, 3.63) is 34.9 Å². The van der Waals surface area contributed by atoms with Crippen LogP contribution in [-0.2, 0) is 6.42 Å². The Morgan fingerprint density at radius 2 is 2.21 bits per heavy atom. The van der Waals surface area contributed by atoms with Gasteiger partial charge in [-0.05, 0) is 37.5 Å². The van der Waals surface area contributed by atoms with E-state index in [-0.39, 0.29) is 5.41 Å². The summed E-state index contributed by atoms with van der Waals surface area (Å²) in [7, 11) is 0. The Hall–Kier alpha value is -1.00. The molecule has 0 aliphatic heterocycles. The molecule has 0 bridgehead atoms. The molecule has 74 valence electrons. The summed E-state index contributed by atoms with van der Waals surface area (Å²) in [5, 5.41) is 9.77. The quantitative estimate of drug-likeness (QED) is 0.739. The van der Waals surface area contributed by atoms with Crippen LogP contribution < -0.4 is 0 Å². The van der Waals surface area contributed by atoms with Crippen molar-refractivity contribution in [2.24, 2.45) is 5.41 Å². The minimum Gasteiger partial charge on any atom is -0.198 e. The summed E-state index contributed by atoms with van der Waals surface area (Å²) in [5.74, 6) is 0. The Morgan fingerprint density at radius 3 is 2.71 bits per heavy atom. The van der Waals surface area contributed by atoms with Crippen LogP contribution in [0.4, 0.5) is 0 Å². The molecule has 0 fully saturated rings. The molecule has 1 unspecified atom stereocenters. The monoisotopic (exact) mass is 207 g/mol. The predicted octanol–water partition coefficient (Wildman–Crippen LogP) is 3.82. The number of benzene rings is 1. The van der Waals surface area contributed by atoms with Gasteiger partial charge in [0, 0.05) is 5.02 Å². The average molecular weight is 208 g/mol. The molecule has 1 nitrogen and oxygen atoms in total. The molecular formula is C12H14ClN. The van der Waals surface area contributed by atoms with Gasteiger partial charge in [-0.1, -0.05) is 30.7 Å². The first-order valence-electron chi connectivity index (χ1n) is 4.75. The van der Waals surface area contributed by atoms with Gasteiger partial charge in [0.25, 0.3) is 0 Å². The van der Waals surface area contributed by atoms with Gasteiger partial charge in [0.2, 0.25) is 0 Å². The Bertz CT molecular complexity index is 354. The van der Waals surface area contributed by atoms with E-state index in [0.29, 0.717) is 0 Å². The molecule has 1 rings (SSSR count). The van der Waals surface area contributed by atoms with Crippen molar-refractivity contribution in [1.29, 1.82) is 5.26 Å². The molecule has 1 atom stereocenters. The van der Waals surface area contributed by atoms with Gasteiger partial charge in [0.1, 0.15) is 0 Å². The molecule has 2 heteroatoms. The van der Waals surface area contributed by atoms with Gasteiger partial charge in [0.05, 0.1) is 11.5 Å². The minimum atomic E-state index is -0.273. The van der Waals surface area contributed by atoms with Crippen LogP contribution in [0.1, 0.15) is 25.8 Å². The second kappa shape index (κ2) is 4.48. The predicted molar refractivity (Wildman–Crippen MR) is 59.2 cm³/mol. The molecule has 0 amide bonds. The Balaban J connectivity index is 2.84. The fraction of sp³-hybridized carbons (Fsp3) is 0.417. The molecule has 0 heterocycles. The van der Waals surface area contributed by atoms with Crippen LogP contribution in [0.3, 0.4) is 0 Å².